The predicted molar refractivity (Wildman–Crippen MR) is 84.7 cm³/mol. The van der Waals surface area contributed by atoms with Gasteiger partial charge < -0.3 is 9.84 Å². The second-order valence-corrected chi connectivity index (χ2v) is 6.89. The van der Waals surface area contributed by atoms with E-state index in [4.69, 9.17) is 9.66 Å². The van der Waals surface area contributed by atoms with Gasteiger partial charge in [0, 0.05) is 24.1 Å². The minimum absolute atomic E-state index is 0.000553. The molecule has 0 aliphatic rings. The number of hydrogen-bond acceptors (Lipinski definition) is 8. The summed E-state index contributed by atoms with van der Waals surface area (Å²) in [5.41, 5.74) is -0.0202. The molecule has 0 fully saturated rings. The Morgan fingerprint density at radius 3 is 2.67 bits per heavy atom. The number of hydrogen-bond donors (Lipinski definition) is 2. The van der Waals surface area contributed by atoms with Crippen LogP contribution in [0.15, 0.2) is 21.6 Å². The maximum atomic E-state index is 11.6. The van der Waals surface area contributed by atoms with Gasteiger partial charge in [-0.3, -0.25) is 10.1 Å². The number of benzene rings is 1. The minimum atomic E-state index is -4.13. The fourth-order valence-corrected chi connectivity index (χ4v) is 2.63. The van der Waals surface area contributed by atoms with E-state index in [9.17, 15) is 18.5 Å². The van der Waals surface area contributed by atoms with Gasteiger partial charge in [0.05, 0.1) is 15.4 Å². The van der Waals surface area contributed by atoms with Gasteiger partial charge in [0.25, 0.3) is 11.6 Å². The average molecular weight is 355 g/mol. The summed E-state index contributed by atoms with van der Waals surface area (Å²) in [6.45, 7) is 3.40. The molecule has 0 bridgehead atoms. The Labute approximate surface area is 138 Å². The third-order valence-electron chi connectivity index (χ3n) is 3.56. The zero-order chi connectivity index (χ0) is 18.1. The van der Waals surface area contributed by atoms with Crippen LogP contribution in [0.2, 0.25) is 0 Å². The summed E-state index contributed by atoms with van der Waals surface area (Å²) in [4.78, 5) is 14.3. The van der Waals surface area contributed by atoms with Crippen molar-refractivity contribution in [3.63, 3.8) is 0 Å². The number of sulfonamides is 1. The Kier molecular flexibility index (Phi) is 4.96. The van der Waals surface area contributed by atoms with Crippen LogP contribution in [0.3, 0.4) is 0 Å². The van der Waals surface area contributed by atoms with Gasteiger partial charge in [-0.2, -0.15) is 4.98 Å². The number of nitrogens with two attached hydrogens (primary N) is 1. The molecule has 0 saturated carbocycles. The Bertz CT molecular complexity index is 877. The third kappa shape index (κ3) is 3.75. The number of nitro groups is 1. The molecule has 0 amide bonds. The maximum Gasteiger partial charge on any atom is 0.274 e. The Morgan fingerprint density at radius 1 is 1.46 bits per heavy atom. The van der Waals surface area contributed by atoms with Gasteiger partial charge in [0.15, 0.2) is 5.82 Å². The van der Waals surface area contributed by atoms with Crippen LogP contribution in [-0.2, 0) is 16.4 Å². The zero-order valence-corrected chi connectivity index (χ0v) is 14.1. The number of nitrogens with one attached hydrogen (secondary N) is 1. The SMILES string of the molecule is CNC(C)Cc1noc(-c2cc(S(N)(=O)=O)cc([N+](=O)[O-])c2C)n1. The fourth-order valence-electron chi connectivity index (χ4n) is 2.07. The molecule has 1 atom stereocenters. The van der Waals surface area contributed by atoms with Crippen LogP contribution in [0.25, 0.3) is 11.5 Å². The van der Waals surface area contributed by atoms with Gasteiger partial charge in [-0.05, 0) is 27.0 Å². The van der Waals surface area contributed by atoms with Gasteiger partial charge in [-0.25, -0.2) is 13.6 Å². The van der Waals surface area contributed by atoms with E-state index in [1.807, 2.05) is 6.92 Å². The van der Waals surface area contributed by atoms with E-state index in [-0.39, 0.29) is 28.7 Å². The number of nitro benzene ring substituents is 1. The fraction of sp³-hybridized carbons (Fsp3) is 0.385. The van der Waals surface area contributed by atoms with E-state index in [0.29, 0.717) is 12.2 Å². The molecule has 0 radical (unpaired) electrons. The van der Waals surface area contributed by atoms with Crippen molar-refractivity contribution in [3.8, 4) is 11.5 Å². The molecule has 130 valence electrons. The quantitative estimate of drug-likeness (QED) is 0.568. The first-order valence-electron chi connectivity index (χ1n) is 6.95. The van der Waals surface area contributed by atoms with E-state index >= 15 is 0 Å². The Balaban J connectivity index is 2.57. The van der Waals surface area contributed by atoms with E-state index in [0.717, 1.165) is 6.07 Å². The molecule has 1 heterocycles. The molecule has 0 saturated heterocycles. The molecule has 0 aliphatic heterocycles. The van der Waals surface area contributed by atoms with E-state index in [2.05, 4.69) is 15.5 Å². The van der Waals surface area contributed by atoms with Crippen LogP contribution in [0.1, 0.15) is 18.3 Å². The number of likely N-dealkylation sites (N-methyl/N-ethyl adjacent to an activating group) is 1. The predicted octanol–water partition coefficient (Wildman–Crippen LogP) is 0.751. The van der Waals surface area contributed by atoms with Gasteiger partial charge in [0.2, 0.25) is 10.0 Å². The first-order valence-corrected chi connectivity index (χ1v) is 8.50. The van der Waals surface area contributed by atoms with Gasteiger partial charge >= 0.3 is 0 Å². The summed E-state index contributed by atoms with van der Waals surface area (Å²) in [5, 5.41) is 23.1. The summed E-state index contributed by atoms with van der Waals surface area (Å²) >= 11 is 0. The molecule has 10 nitrogen and oxygen atoms in total. The van der Waals surface area contributed by atoms with Crippen LogP contribution in [0.5, 0.6) is 0 Å². The summed E-state index contributed by atoms with van der Waals surface area (Å²) < 4.78 is 28.3. The highest BCUT2D eigenvalue weighted by atomic mass is 32.2. The molecule has 11 heteroatoms. The number of nitrogens with zero attached hydrogens (tertiary/aromatic N) is 3. The number of aromatic nitrogens is 2. The van der Waals surface area contributed by atoms with Crippen molar-refractivity contribution in [1.82, 2.24) is 15.5 Å². The molecule has 0 aliphatic carbocycles. The van der Waals surface area contributed by atoms with Crippen LogP contribution in [0.4, 0.5) is 5.69 Å². The molecular formula is C13H17N5O5S. The second-order valence-electron chi connectivity index (χ2n) is 5.33. The summed E-state index contributed by atoms with van der Waals surface area (Å²) in [6.07, 6.45) is 0.482. The minimum Gasteiger partial charge on any atom is -0.334 e. The monoisotopic (exact) mass is 355 g/mol. The molecule has 1 aromatic carbocycles. The van der Waals surface area contributed by atoms with Crippen molar-refractivity contribution in [2.75, 3.05) is 7.05 Å². The zero-order valence-electron chi connectivity index (χ0n) is 13.3. The number of primary sulfonamides is 1. The van der Waals surface area contributed by atoms with Crippen LogP contribution >= 0.6 is 0 Å². The normalized spacial score (nSPS) is 13.0. The van der Waals surface area contributed by atoms with E-state index < -0.39 is 19.8 Å². The lowest BCUT2D eigenvalue weighted by Crippen LogP contribution is -2.24. The molecule has 1 aromatic heterocycles. The molecule has 0 spiro atoms. The lowest BCUT2D eigenvalue weighted by molar-refractivity contribution is -0.385. The molecule has 2 aromatic rings. The van der Waals surface area contributed by atoms with Crippen molar-refractivity contribution in [3.05, 3.63) is 33.6 Å². The van der Waals surface area contributed by atoms with Crippen molar-refractivity contribution < 1.29 is 17.9 Å². The molecule has 3 N–H and O–H groups in total. The average Bonchev–Trinajstić information content (AvgIpc) is 2.93. The maximum absolute atomic E-state index is 11.6. The van der Waals surface area contributed by atoms with Crippen LogP contribution < -0.4 is 10.5 Å². The van der Waals surface area contributed by atoms with Crippen LogP contribution in [-0.4, -0.2) is 36.6 Å². The van der Waals surface area contributed by atoms with E-state index in [1.165, 1.54) is 13.0 Å². The molecule has 1 unspecified atom stereocenters. The van der Waals surface area contributed by atoms with Gasteiger partial charge in [-0.1, -0.05) is 5.16 Å². The second kappa shape index (κ2) is 6.63. The smallest absolute Gasteiger partial charge is 0.274 e. The summed E-state index contributed by atoms with van der Waals surface area (Å²) in [5.74, 6) is 0.398. The molecule has 24 heavy (non-hydrogen) atoms. The molecule has 2 rings (SSSR count). The van der Waals surface area contributed by atoms with Gasteiger partial charge in [-0.15, -0.1) is 0 Å². The van der Waals surface area contributed by atoms with Gasteiger partial charge in [0.1, 0.15) is 0 Å². The Morgan fingerprint density at radius 2 is 2.12 bits per heavy atom. The van der Waals surface area contributed by atoms with E-state index in [1.54, 1.807) is 7.05 Å². The highest BCUT2D eigenvalue weighted by Crippen LogP contribution is 2.32. The highest BCUT2D eigenvalue weighted by Gasteiger charge is 2.24. The summed E-state index contributed by atoms with van der Waals surface area (Å²) in [6, 6.07) is 2.20. The third-order valence-corrected chi connectivity index (χ3v) is 4.45. The molecular weight excluding hydrogens is 338 g/mol. The first kappa shape index (κ1) is 18.0. The van der Waals surface area contributed by atoms with Crippen LogP contribution in [0, 0.1) is 17.0 Å². The van der Waals surface area contributed by atoms with Crippen molar-refractivity contribution >= 4 is 15.7 Å². The largest absolute Gasteiger partial charge is 0.334 e. The highest BCUT2D eigenvalue weighted by molar-refractivity contribution is 7.89. The van der Waals surface area contributed by atoms with Crippen molar-refractivity contribution in [1.29, 1.82) is 0 Å². The first-order chi connectivity index (χ1) is 11.1. The lowest BCUT2D eigenvalue weighted by Gasteiger charge is -2.06. The lowest BCUT2D eigenvalue weighted by atomic mass is 10.1. The standard InChI is InChI=1S/C13H17N5O5S/c1-7(15-3)4-12-16-13(23-17-12)10-5-9(24(14,21)22)6-11(8(10)2)18(19)20/h5-7,15H,4H2,1-3H3,(H2,14,21,22). The topological polar surface area (TPSA) is 154 Å². The number of rotatable bonds is 6. The Hall–Kier alpha value is -2.37. The van der Waals surface area contributed by atoms with Crippen molar-refractivity contribution in [2.24, 2.45) is 5.14 Å². The van der Waals surface area contributed by atoms with Crippen molar-refractivity contribution in [2.45, 2.75) is 31.2 Å². The summed E-state index contributed by atoms with van der Waals surface area (Å²) in [7, 11) is -2.34.